The molecule has 1 heterocycles. The molecule has 2 N–H and O–H groups in total. The average molecular weight is 236 g/mol. The Kier molecular flexibility index (Phi) is 4.11. The monoisotopic (exact) mass is 236 g/mol. The van der Waals surface area contributed by atoms with E-state index >= 15 is 0 Å². The summed E-state index contributed by atoms with van der Waals surface area (Å²) in [5.74, 6) is 6.26. The normalized spacial score (nSPS) is 11.4. The highest BCUT2D eigenvalue weighted by molar-refractivity contribution is 5.45. The van der Waals surface area contributed by atoms with E-state index in [9.17, 15) is 0 Å². The Hall–Kier alpha value is -2.11. The minimum absolute atomic E-state index is 0.231. The summed E-state index contributed by atoms with van der Waals surface area (Å²) in [7, 11) is 0. The number of hydrogen-bond donors (Lipinski definition) is 1. The molecule has 0 saturated carbocycles. The van der Waals surface area contributed by atoms with Crippen molar-refractivity contribution in [1.29, 1.82) is 0 Å². The van der Waals surface area contributed by atoms with E-state index in [-0.39, 0.29) is 5.92 Å². The van der Waals surface area contributed by atoms with Gasteiger partial charge in [0.15, 0.2) is 0 Å². The Morgan fingerprint density at radius 3 is 2.67 bits per heavy atom. The van der Waals surface area contributed by atoms with Crippen LogP contribution in [0.3, 0.4) is 0 Å². The summed E-state index contributed by atoms with van der Waals surface area (Å²) in [4.78, 5) is 4.40. The molecule has 0 bridgehead atoms. The Morgan fingerprint density at radius 1 is 1.17 bits per heavy atom. The van der Waals surface area contributed by atoms with Crippen molar-refractivity contribution >= 4 is 0 Å². The molecule has 2 rings (SSSR count). The molecule has 90 valence electrons. The van der Waals surface area contributed by atoms with Gasteiger partial charge in [-0.2, -0.15) is 0 Å². The molecular formula is C16H16N2. The summed E-state index contributed by atoms with van der Waals surface area (Å²) in [6, 6.07) is 14.1. The first-order chi connectivity index (χ1) is 8.83. The summed E-state index contributed by atoms with van der Waals surface area (Å²) < 4.78 is 0. The Bertz CT molecular complexity index is 564. The van der Waals surface area contributed by atoms with Crippen molar-refractivity contribution in [2.45, 2.75) is 12.8 Å². The van der Waals surface area contributed by atoms with Crippen LogP contribution in [0.2, 0.25) is 0 Å². The van der Waals surface area contributed by atoms with Crippen molar-refractivity contribution < 1.29 is 0 Å². The van der Waals surface area contributed by atoms with E-state index in [1.54, 1.807) is 0 Å². The maximum atomic E-state index is 5.43. The van der Waals surface area contributed by atoms with Crippen molar-refractivity contribution in [3.05, 3.63) is 65.5 Å². The molecule has 18 heavy (non-hydrogen) atoms. The quantitative estimate of drug-likeness (QED) is 0.814. The van der Waals surface area contributed by atoms with Gasteiger partial charge in [-0.1, -0.05) is 43.0 Å². The molecule has 2 aromatic rings. The molecular weight excluding hydrogens is 220 g/mol. The number of nitrogens with two attached hydrogens (primary N) is 1. The van der Waals surface area contributed by atoms with Gasteiger partial charge in [-0.3, -0.25) is 4.98 Å². The maximum absolute atomic E-state index is 5.43. The first-order valence-electron chi connectivity index (χ1n) is 6.01. The van der Waals surface area contributed by atoms with E-state index < -0.39 is 0 Å². The largest absolute Gasteiger partial charge is 0.320 e. The van der Waals surface area contributed by atoms with Crippen LogP contribution in [0.15, 0.2) is 48.7 Å². The molecule has 0 aliphatic rings. The van der Waals surface area contributed by atoms with E-state index in [1.807, 2.05) is 42.6 Å². The summed E-state index contributed by atoms with van der Waals surface area (Å²) in [6.07, 6.45) is 1.82. The number of nitrogens with zero attached hydrogens (tertiary/aromatic N) is 1. The molecule has 0 amide bonds. The van der Waals surface area contributed by atoms with Crippen molar-refractivity contribution in [2.24, 2.45) is 5.73 Å². The number of rotatable bonds is 2. The number of benzene rings is 1. The molecule has 0 spiro atoms. The van der Waals surface area contributed by atoms with E-state index in [0.29, 0.717) is 6.54 Å². The van der Waals surface area contributed by atoms with Gasteiger partial charge in [-0.25, -0.2) is 0 Å². The van der Waals surface area contributed by atoms with Crippen molar-refractivity contribution in [2.75, 3.05) is 6.54 Å². The zero-order chi connectivity index (χ0) is 12.8. The summed E-state index contributed by atoms with van der Waals surface area (Å²) in [5, 5.41) is 0. The zero-order valence-electron chi connectivity index (χ0n) is 10.4. The molecule has 1 atom stereocenters. The smallest absolute Gasteiger partial charge is 0.0555 e. The van der Waals surface area contributed by atoms with Gasteiger partial charge in [0.2, 0.25) is 0 Å². The Balaban J connectivity index is 2.39. The van der Waals surface area contributed by atoms with E-state index in [2.05, 4.69) is 29.8 Å². The molecule has 0 saturated heterocycles. The topological polar surface area (TPSA) is 38.9 Å². The summed E-state index contributed by atoms with van der Waals surface area (Å²) in [5.41, 5.74) is 8.70. The van der Waals surface area contributed by atoms with Crippen molar-refractivity contribution in [3.63, 3.8) is 0 Å². The lowest BCUT2D eigenvalue weighted by Crippen LogP contribution is -2.01. The van der Waals surface area contributed by atoms with Crippen LogP contribution in [0, 0.1) is 11.8 Å². The summed E-state index contributed by atoms with van der Waals surface area (Å²) in [6.45, 7) is 2.53. The van der Waals surface area contributed by atoms with E-state index in [0.717, 1.165) is 11.3 Å². The van der Waals surface area contributed by atoms with Crippen LogP contribution in [0.5, 0.6) is 0 Å². The zero-order valence-corrected chi connectivity index (χ0v) is 10.4. The van der Waals surface area contributed by atoms with Gasteiger partial charge in [0.25, 0.3) is 0 Å². The van der Waals surface area contributed by atoms with Crippen molar-refractivity contribution in [3.8, 4) is 11.8 Å². The highest BCUT2D eigenvalue weighted by Gasteiger charge is 2.11. The van der Waals surface area contributed by atoms with Gasteiger partial charge in [0, 0.05) is 23.4 Å². The van der Waals surface area contributed by atoms with Gasteiger partial charge in [-0.05, 0) is 23.8 Å². The van der Waals surface area contributed by atoms with Crippen LogP contribution < -0.4 is 5.73 Å². The first-order valence-corrected chi connectivity index (χ1v) is 6.01. The van der Waals surface area contributed by atoms with Gasteiger partial charge < -0.3 is 5.73 Å². The van der Waals surface area contributed by atoms with Crippen LogP contribution in [-0.2, 0) is 0 Å². The fourth-order valence-electron chi connectivity index (χ4n) is 1.93. The number of pyridine rings is 1. The third-order valence-corrected chi connectivity index (χ3v) is 2.88. The predicted octanol–water partition coefficient (Wildman–Crippen LogP) is 2.54. The fraction of sp³-hybridized carbons (Fsp3) is 0.188. The van der Waals surface area contributed by atoms with Crippen molar-refractivity contribution in [1.82, 2.24) is 4.98 Å². The van der Waals surface area contributed by atoms with Crippen LogP contribution in [0.1, 0.15) is 29.7 Å². The third kappa shape index (κ3) is 2.77. The molecule has 2 nitrogen and oxygen atoms in total. The maximum Gasteiger partial charge on any atom is 0.0555 e. The summed E-state index contributed by atoms with van der Waals surface area (Å²) >= 11 is 0. The van der Waals surface area contributed by atoms with Gasteiger partial charge >= 0.3 is 0 Å². The third-order valence-electron chi connectivity index (χ3n) is 2.88. The van der Waals surface area contributed by atoms with Crippen LogP contribution in [-0.4, -0.2) is 11.5 Å². The van der Waals surface area contributed by atoms with E-state index in [4.69, 9.17) is 5.73 Å². The molecule has 0 aliphatic carbocycles. The number of hydrogen-bond acceptors (Lipinski definition) is 2. The van der Waals surface area contributed by atoms with E-state index in [1.165, 1.54) is 5.56 Å². The SMILES string of the molecule is CC(c1ccccn1)c1ccccc1C#CCN. The minimum Gasteiger partial charge on any atom is -0.320 e. The van der Waals surface area contributed by atoms with Crippen LogP contribution >= 0.6 is 0 Å². The fourth-order valence-corrected chi connectivity index (χ4v) is 1.93. The van der Waals surface area contributed by atoms with Crippen LogP contribution in [0.25, 0.3) is 0 Å². The second-order valence-corrected chi connectivity index (χ2v) is 4.07. The highest BCUT2D eigenvalue weighted by Crippen LogP contribution is 2.24. The average Bonchev–Trinajstić information content (AvgIpc) is 2.45. The lowest BCUT2D eigenvalue weighted by atomic mass is 9.93. The molecule has 1 unspecified atom stereocenters. The molecule has 1 aromatic carbocycles. The van der Waals surface area contributed by atoms with Gasteiger partial charge in [0.1, 0.15) is 0 Å². The van der Waals surface area contributed by atoms with Crippen LogP contribution in [0.4, 0.5) is 0 Å². The minimum atomic E-state index is 0.231. The second kappa shape index (κ2) is 6.00. The Morgan fingerprint density at radius 2 is 1.94 bits per heavy atom. The van der Waals surface area contributed by atoms with Gasteiger partial charge in [-0.15, -0.1) is 0 Å². The molecule has 0 radical (unpaired) electrons. The second-order valence-electron chi connectivity index (χ2n) is 4.07. The lowest BCUT2D eigenvalue weighted by Gasteiger charge is -2.13. The molecule has 0 aliphatic heterocycles. The first kappa shape index (κ1) is 12.3. The predicted molar refractivity (Wildman–Crippen MR) is 74.1 cm³/mol. The molecule has 0 fully saturated rings. The number of aromatic nitrogens is 1. The van der Waals surface area contributed by atoms with Gasteiger partial charge in [0.05, 0.1) is 6.54 Å². The highest BCUT2D eigenvalue weighted by atomic mass is 14.7. The molecule has 2 heteroatoms. The standard InChI is InChI=1S/C16H16N2/c1-13(16-10-4-5-12-18-16)15-9-3-2-7-14(15)8-6-11-17/h2-5,7,9-10,12-13H,11,17H2,1H3. The Labute approximate surface area is 108 Å². The molecule has 1 aromatic heterocycles. The lowest BCUT2D eigenvalue weighted by molar-refractivity contribution is 0.868.